The minimum absolute atomic E-state index is 0.0293. The van der Waals surface area contributed by atoms with Crippen LogP contribution < -0.4 is 5.32 Å². The molecule has 0 saturated carbocycles. The highest BCUT2D eigenvalue weighted by Gasteiger charge is 2.27. The average molecular weight is 256 g/mol. The highest BCUT2D eigenvalue weighted by molar-refractivity contribution is 5.74. The lowest BCUT2D eigenvalue weighted by Gasteiger charge is -2.33. The van der Waals surface area contributed by atoms with E-state index in [9.17, 15) is 9.90 Å². The van der Waals surface area contributed by atoms with Crippen molar-refractivity contribution in [2.24, 2.45) is 11.3 Å². The van der Waals surface area contributed by atoms with Gasteiger partial charge in [0.25, 0.3) is 0 Å². The number of aliphatic hydroxyl groups excluding tert-OH is 1. The predicted octanol–water partition coefficient (Wildman–Crippen LogP) is 2.23. The second-order valence-corrected chi connectivity index (χ2v) is 5.69. The van der Waals surface area contributed by atoms with Crippen molar-refractivity contribution in [2.45, 2.75) is 46.5 Å². The van der Waals surface area contributed by atoms with Crippen LogP contribution in [0, 0.1) is 11.3 Å². The highest BCUT2D eigenvalue weighted by atomic mass is 16.3. The lowest BCUT2D eigenvalue weighted by molar-refractivity contribution is 0.110. The zero-order valence-corrected chi connectivity index (χ0v) is 12.0. The number of nitrogens with one attached hydrogen (secondary N) is 1. The van der Waals surface area contributed by atoms with Crippen LogP contribution in [-0.2, 0) is 0 Å². The van der Waals surface area contributed by atoms with Crippen molar-refractivity contribution in [3.8, 4) is 0 Å². The molecule has 106 valence electrons. The van der Waals surface area contributed by atoms with Crippen molar-refractivity contribution >= 4 is 6.03 Å². The van der Waals surface area contributed by atoms with Crippen LogP contribution in [0.4, 0.5) is 4.79 Å². The molecule has 0 aromatic carbocycles. The van der Waals surface area contributed by atoms with Crippen LogP contribution in [0.25, 0.3) is 0 Å². The molecular formula is C14H28N2O2. The lowest BCUT2D eigenvalue weighted by atomic mass is 9.83. The molecule has 4 heteroatoms. The van der Waals surface area contributed by atoms with E-state index in [1.807, 2.05) is 4.90 Å². The number of hydrogen-bond acceptors (Lipinski definition) is 2. The molecule has 1 rings (SSSR count). The lowest BCUT2D eigenvalue weighted by Crippen LogP contribution is -2.48. The normalized spacial score (nSPS) is 17.9. The molecule has 0 radical (unpaired) electrons. The molecule has 2 amide bonds. The van der Waals surface area contributed by atoms with Crippen LogP contribution in [-0.4, -0.2) is 42.3 Å². The number of hydrogen-bond donors (Lipinski definition) is 2. The third-order valence-corrected chi connectivity index (χ3v) is 4.52. The molecule has 2 N–H and O–H groups in total. The van der Waals surface area contributed by atoms with Crippen LogP contribution in [0.2, 0.25) is 0 Å². The summed E-state index contributed by atoms with van der Waals surface area (Å²) in [6.45, 7) is 8.79. The van der Waals surface area contributed by atoms with Gasteiger partial charge in [-0.2, -0.15) is 0 Å². The number of aliphatic hydroxyl groups is 1. The quantitative estimate of drug-likeness (QED) is 0.792. The number of urea groups is 1. The van der Waals surface area contributed by atoms with Gasteiger partial charge in [0.1, 0.15) is 0 Å². The highest BCUT2D eigenvalue weighted by Crippen LogP contribution is 2.24. The van der Waals surface area contributed by atoms with E-state index >= 15 is 0 Å². The summed E-state index contributed by atoms with van der Waals surface area (Å²) in [5, 5.41) is 12.5. The molecule has 4 nitrogen and oxygen atoms in total. The van der Waals surface area contributed by atoms with Gasteiger partial charge in [0.15, 0.2) is 0 Å². The van der Waals surface area contributed by atoms with Crippen molar-refractivity contribution in [1.29, 1.82) is 0 Å². The number of amides is 2. The summed E-state index contributed by atoms with van der Waals surface area (Å²) < 4.78 is 0. The van der Waals surface area contributed by atoms with E-state index in [1.165, 1.54) is 0 Å². The topological polar surface area (TPSA) is 52.6 Å². The fourth-order valence-corrected chi connectivity index (χ4v) is 2.37. The van der Waals surface area contributed by atoms with Gasteiger partial charge >= 0.3 is 6.03 Å². The molecule has 0 atom stereocenters. The van der Waals surface area contributed by atoms with Crippen LogP contribution in [0.15, 0.2) is 0 Å². The molecule has 0 aromatic heterocycles. The van der Waals surface area contributed by atoms with Crippen molar-refractivity contribution in [3.63, 3.8) is 0 Å². The summed E-state index contributed by atoms with van der Waals surface area (Å²) in [7, 11) is 0. The number of nitrogens with zero attached hydrogens (tertiary/aromatic N) is 1. The molecule has 1 heterocycles. The van der Waals surface area contributed by atoms with E-state index in [1.54, 1.807) is 0 Å². The maximum Gasteiger partial charge on any atom is 0.317 e. The van der Waals surface area contributed by atoms with Crippen molar-refractivity contribution in [2.75, 3.05) is 26.2 Å². The Hall–Kier alpha value is -0.770. The van der Waals surface area contributed by atoms with Crippen LogP contribution >= 0.6 is 0 Å². The van der Waals surface area contributed by atoms with E-state index < -0.39 is 0 Å². The maximum absolute atomic E-state index is 12.0. The molecule has 0 spiro atoms. The van der Waals surface area contributed by atoms with Crippen molar-refractivity contribution in [1.82, 2.24) is 10.2 Å². The fourth-order valence-electron chi connectivity index (χ4n) is 2.37. The monoisotopic (exact) mass is 256 g/mol. The average Bonchev–Trinajstić information content (AvgIpc) is 2.41. The Morgan fingerprint density at radius 2 is 1.89 bits per heavy atom. The summed E-state index contributed by atoms with van der Waals surface area (Å²) in [6, 6.07) is 0.0293. The number of likely N-dealkylation sites (tertiary alicyclic amines) is 1. The zero-order valence-electron chi connectivity index (χ0n) is 12.0. The van der Waals surface area contributed by atoms with Crippen LogP contribution in [0.5, 0.6) is 0 Å². The maximum atomic E-state index is 12.0. The van der Waals surface area contributed by atoms with E-state index in [0.29, 0.717) is 6.54 Å². The number of rotatable bonds is 5. The standard InChI is InChI=1S/C14H28N2O2/c1-4-14(5-2,11-17)10-15-13(18)16-8-6-12(3)7-9-16/h12,17H,4-11H2,1-3H3,(H,15,18). The molecule has 0 unspecified atom stereocenters. The smallest absolute Gasteiger partial charge is 0.317 e. The first kappa shape index (κ1) is 15.3. The third kappa shape index (κ3) is 3.87. The number of carbonyl (C=O) groups excluding carboxylic acids is 1. The second-order valence-electron chi connectivity index (χ2n) is 5.69. The molecular weight excluding hydrogens is 228 g/mol. The van der Waals surface area contributed by atoms with E-state index in [4.69, 9.17) is 0 Å². The van der Waals surface area contributed by atoms with Gasteiger partial charge in [-0.1, -0.05) is 20.8 Å². The molecule has 0 aliphatic carbocycles. The minimum atomic E-state index is -0.154. The molecule has 0 bridgehead atoms. The first-order valence-electron chi connectivity index (χ1n) is 7.20. The first-order chi connectivity index (χ1) is 8.56. The second kappa shape index (κ2) is 6.98. The summed E-state index contributed by atoms with van der Waals surface area (Å²) >= 11 is 0. The predicted molar refractivity (Wildman–Crippen MR) is 73.5 cm³/mol. The Balaban J connectivity index is 2.40. The van der Waals surface area contributed by atoms with Crippen molar-refractivity contribution < 1.29 is 9.90 Å². The van der Waals surface area contributed by atoms with Gasteiger partial charge in [-0.3, -0.25) is 0 Å². The summed E-state index contributed by atoms with van der Waals surface area (Å²) in [5.41, 5.74) is -0.154. The van der Waals surface area contributed by atoms with Gasteiger partial charge in [-0.05, 0) is 31.6 Å². The van der Waals surface area contributed by atoms with E-state index in [0.717, 1.165) is 44.7 Å². The molecule has 1 fully saturated rings. The largest absolute Gasteiger partial charge is 0.396 e. The SMILES string of the molecule is CCC(CC)(CO)CNC(=O)N1CCC(C)CC1. The third-order valence-electron chi connectivity index (χ3n) is 4.52. The molecule has 18 heavy (non-hydrogen) atoms. The zero-order chi connectivity index (χ0) is 13.6. The number of piperidine rings is 1. The summed E-state index contributed by atoms with van der Waals surface area (Å²) in [5.74, 6) is 0.733. The molecule has 1 saturated heterocycles. The Morgan fingerprint density at radius 1 is 1.33 bits per heavy atom. The summed E-state index contributed by atoms with van der Waals surface area (Å²) in [6.07, 6.45) is 3.97. The Kier molecular flexibility index (Phi) is 5.93. The Morgan fingerprint density at radius 3 is 2.33 bits per heavy atom. The Labute approximate surface area is 111 Å². The van der Waals surface area contributed by atoms with Gasteiger partial charge in [-0.25, -0.2) is 4.79 Å². The number of carbonyl (C=O) groups is 1. The molecule has 1 aliphatic heterocycles. The van der Waals surface area contributed by atoms with Crippen LogP contribution in [0.1, 0.15) is 46.5 Å². The molecule has 1 aliphatic rings. The van der Waals surface area contributed by atoms with Gasteiger partial charge in [0, 0.05) is 25.0 Å². The van der Waals surface area contributed by atoms with Gasteiger partial charge < -0.3 is 15.3 Å². The fraction of sp³-hybridized carbons (Fsp3) is 0.929. The van der Waals surface area contributed by atoms with Crippen LogP contribution in [0.3, 0.4) is 0 Å². The van der Waals surface area contributed by atoms with Gasteiger partial charge in [-0.15, -0.1) is 0 Å². The van der Waals surface area contributed by atoms with Crippen molar-refractivity contribution in [3.05, 3.63) is 0 Å². The van der Waals surface area contributed by atoms with Gasteiger partial charge in [0.05, 0.1) is 6.61 Å². The molecule has 0 aromatic rings. The van der Waals surface area contributed by atoms with E-state index in [2.05, 4.69) is 26.1 Å². The Bertz CT molecular complexity index is 248. The minimum Gasteiger partial charge on any atom is -0.396 e. The van der Waals surface area contributed by atoms with Gasteiger partial charge in [0.2, 0.25) is 0 Å². The first-order valence-corrected chi connectivity index (χ1v) is 7.20. The van der Waals surface area contributed by atoms with E-state index in [-0.39, 0.29) is 18.1 Å². The summed E-state index contributed by atoms with van der Waals surface area (Å²) in [4.78, 5) is 13.9.